The molecular formula is C23H26N6O. The fourth-order valence-corrected chi connectivity index (χ4v) is 4.69. The number of hydrogen-bond acceptors (Lipinski definition) is 5. The van der Waals surface area contributed by atoms with Crippen LogP contribution in [0.25, 0.3) is 5.69 Å². The maximum Gasteiger partial charge on any atom is 0.256 e. The number of hydrogen-bond donors (Lipinski definition) is 2. The highest BCUT2D eigenvalue weighted by molar-refractivity contribution is 5.98. The summed E-state index contributed by atoms with van der Waals surface area (Å²) in [4.78, 5) is 17.2. The minimum absolute atomic E-state index is 0.0541. The first-order valence-electron chi connectivity index (χ1n) is 10.5. The number of rotatable bonds is 4. The molecule has 0 spiro atoms. The Bertz CT molecular complexity index is 1020. The summed E-state index contributed by atoms with van der Waals surface area (Å²) in [7, 11) is 0. The summed E-state index contributed by atoms with van der Waals surface area (Å²) < 4.78 is 0. The molecule has 30 heavy (non-hydrogen) atoms. The summed E-state index contributed by atoms with van der Waals surface area (Å²) in [6, 6.07) is 17.0. The van der Waals surface area contributed by atoms with E-state index in [1.54, 1.807) is 12.4 Å². The molecule has 3 heterocycles. The van der Waals surface area contributed by atoms with Crippen LogP contribution >= 0.6 is 0 Å². The molecule has 3 atom stereocenters. The number of aryl methyl sites for hydroxylation is 1. The second-order valence-electron chi connectivity index (χ2n) is 8.14. The number of likely N-dealkylation sites (tertiary alicyclic amines) is 1. The maximum atomic E-state index is 13.6. The standard InChI is InChI=1S/C23H26N6O/c1-16-9-10-21(29-24-11-12-25-29)18(14-16)23(30)28-13-5-8-22(28)20-15-19(26-27-20)17-6-3-2-4-7-17/h2-4,6-7,9-12,14,19-20,22,26-27H,5,8,13,15H2,1H3/t19?,20?,22-/m0/s1. The van der Waals surface area contributed by atoms with E-state index in [4.69, 9.17) is 0 Å². The minimum atomic E-state index is 0.0541. The van der Waals surface area contributed by atoms with Gasteiger partial charge in [-0.3, -0.25) is 10.2 Å². The molecule has 3 aromatic rings. The third-order valence-corrected chi connectivity index (χ3v) is 6.18. The van der Waals surface area contributed by atoms with Crippen LogP contribution in [0.15, 0.2) is 60.9 Å². The third-order valence-electron chi connectivity index (χ3n) is 6.18. The lowest BCUT2D eigenvalue weighted by atomic mass is 9.96. The van der Waals surface area contributed by atoms with Gasteiger partial charge in [0.2, 0.25) is 0 Å². The summed E-state index contributed by atoms with van der Waals surface area (Å²) in [5.41, 5.74) is 10.6. The summed E-state index contributed by atoms with van der Waals surface area (Å²) in [6.07, 6.45) is 6.24. The quantitative estimate of drug-likeness (QED) is 0.702. The Morgan fingerprint density at radius 3 is 2.67 bits per heavy atom. The highest BCUT2D eigenvalue weighted by Crippen LogP contribution is 2.31. The van der Waals surface area contributed by atoms with Crippen molar-refractivity contribution in [2.45, 2.75) is 44.3 Å². The first-order chi connectivity index (χ1) is 14.7. The second kappa shape index (κ2) is 8.01. The van der Waals surface area contributed by atoms with Crippen molar-refractivity contribution in [3.05, 3.63) is 77.6 Å². The van der Waals surface area contributed by atoms with Crippen molar-refractivity contribution in [3.63, 3.8) is 0 Å². The molecule has 2 N–H and O–H groups in total. The van der Waals surface area contributed by atoms with Crippen molar-refractivity contribution in [1.82, 2.24) is 30.7 Å². The van der Waals surface area contributed by atoms with Crippen LogP contribution in [-0.4, -0.2) is 44.4 Å². The second-order valence-corrected chi connectivity index (χ2v) is 8.14. The van der Waals surface area contributed by atoms with Gasteiger partial charge in [0.15, 0.2) is 0 Å². The molecule has 0 radical (unpaired) electrons. The smallest absolute Gasteiger partial charge is 0.256 e. The van der Waals surface area contributed by atoms with E-state index in [0.29, 0.717) is 5.56 Å². The minimum Gasteiger partial charge on any atom is -0.334 e. The Balaban J connectivity index is 1.39. The third kappa shape index (κ3) is 3.51. The molecule has 5 rings (SSSR count). The molecule has 2 saturated heterocycles. The molecule has 0 bridgehead atoms. The average Bonchev–Trinajstić information content (AvgIpc) is 3.55. The summed E-state index contributed by atoms with van der Waals surface area (Å²) in [6.45, 7) is 2.78. The van der Waals surface area contributed by atoms with Crippen LogP contribution in [0.2, 0.25) is 0 Å². The number of aromatic nitrogens is 3. The summed E-state index contributed by atoms with van der Waals surface area (Å²) >= 11 is 0. The van der Waals surface area contributed by atoms with E-state index >= 15 is 0 Å². The van der Waals surface area contributed by atoms with E-state index in [0.717, 1.165) is 37.1 Å². The van der Waals surface area contributed by atoms with Gasteiger partial charge in [0.1, 0.15) is 0 Å². The van der Waals surface area contributed by atoms with Gasteiger partial charge in [-0.2, -0.15) is 15.0 Å². The highest BCUT2D eigenvalue weighted by Gasteiger charge is 2.39. The number of nitrogens with zero attached hydrogens (tertiary/aromatic N) is 4. The van der Waals surface area contributed by atoms with Crippen LogP contribution in [0.1, 0.15) is 46.8 Å². The van der Waals surface area contributed by atoms with Gasteiger partial charge in [-0.05, 0) is 43.9 Å². The van der Waals surface area contributed by atoms with E-state index in [-0.39, 0.29) is 24.0 Å². The Kier molecular flexibility index (Phi) is 5.06. The predicted octanol–water partition coefficient (Wildman–Crippen LogP) is 2.79. The molecule has 1 amide bonds. The van der Waals surface area contributed by atoms with Crippen molar-refractivity contribution in [1.29, 1.82) is 0 Å². The first kappa shape index (κ1) is 19.0. The van der Waals surface area contributed by atoms with Crippen LogP contribution in [0.4, 0.5) is 0 Å². The number of hydrazine groups is 1. The van der Waals surface area contributed by atoms with Crippen LogP contribution in [0, 0.1) is 6.92 Å². The molecule has 2 unspecified atom stereocenters. The lowest BCUT2D eigenvalue weighted by Crippen LogP contribution is -2.48. The fraction of sp³-hybridized carbons (Fsp3) is 0.348. The van der Waals surface area contributed by atoms with Crippen molar-refractivity contribution >= 4 is 5.91 Å². The molecule has 0 saturated carbocycles. The number of carbonyl (C=O) groups excluding carboxylic acids is 1. The van der Waals surface area contributed by atoms with E-state index in [9.17, 15) is 4.79 Å². The molecule has 7 nitrogen and oxygen atoms in total. The molecule has 154 valence electrons. The monoisotopic (exact) mass is 402 g/mol. The molecule has 2 aromatic carbocycles. The van der Waals surface area contributed by atoms with Gasteiger partial charge in [0.05, 0.1) is 23.6 Å². The number of benzene rings is 2. The van der Waals surface area contributed by atoms with Gasteiger partial charge in [0, 0.05) is 24.7 Å². The number of carbonyl (C=O) groups is 1. The lowest BCUT2D eigenvalue weighted by molar-refractivity contribution is 0.0709. The summed E-state index contributed by atoms with van der Waals surface area (Å²) in [5.74, 6) is 0.0541. The largest absolute Gasteiger partial charge is 0.334 e. The molecule has 2 aliphatic rings. The van der Waals surface area contributed by atoms with Crippen molar-refractivity contribution < 1.29 is 4.79 Å². The van der Waals surface area contributed by atoms with E-state index < -0.39 is 0 Å². The molecular weight excluding hydrogens is 376 g/mol. The van der Waals surface area contributed by atoms with Crippen LogP contribution in [-0.2, 0) is 0 Å². The van der Waals surface area contributed by atoms with Gasteiger partial charge < -0.3 is 4.90 Å². The van der Waals surface area contributed by atoms with E-state index in [2.05, 4.69) is 45.3 Å². The van der Waals surface area contributed by atoms with Crippen molar-refractivity contribution in [2.75, 3.05) is 6.54 Å². The number of nitrogens with one attached hydrogen (secondary N) is 2. The summed E-state index contributed by atoms with van der Waals surface area (Å²) in [5, 5.41) is 8.48. The van der Waals surface area contributed by atoms with Gasteiger partial charge in [-0.25, -0.2) is 5.43 Å². The van der Waals surface area contributed by atoms with Crippen LogP contribution < -0.4 is 10.9 Å². The van der Waals surface area contributed by atoms with E-state index in [1.807, 2.05) is 36.1 Å². The zero-order chi connectivity index (χ0) is 20.5. The van der Waals surface area contributed by atoms with Crippen LogP contribution in [0.3, 0.4) is 0 Å². The molecule has 0 aliphatic carbocycles. The Hall–Kier alpha value is -3.03. The van der Waals surface area contributed by atoms with Gasteiger partial charge >= 0.3 is 0 Å². The van der Waals surface area contributed by atoms with Crippen LogP contribution in [0.5, 0.6) is 0 Å². The fourth-order valence-electron chi connectivity index (χ4n) is 4.69. The zero-order valence-electron chi connectivity index (χ0n) is 17.0. The molecule has 2 fully saturated rings. The SMILES string of the molecule is Cc1ccc(-n2nccn2)c(C(=O)N2CCC[C@H]2C2CC(c3ccccc3)NN2)c1. The van der Waals surface area contributed by atoms with Crippen molar-refractivity contribution in [2.24, 2.45) is 0 Å². The van der Waals surface area contributed by atoms with Gasteiger partial charge in [-0.1, -0.05) is 42.0 Å². The Labute approximate surface area is 176 Å². The topological polar surface area (TPSA) is 75.1 Å². The van der Waals surface area contributed by atoms with Gasteiger partial charge in [-0.15, -0.1) is 0 Å². The molecule has 7 heteroatoms. The Morgan fingerprint density at radius 1 is 1.07 bits per heavy atom. The predicted molar refractivity (Wildman–Crippen MR) is 114 cm³/mol. The molecule has 2 aliphatic heterocycles. The molecule has 1 aromatic heterocycles. The highest BCUT2D eigenvalue weighted by atomic mass is 16.2. The maximum absolute atomic E-state index is 13.6. The van der Waals surface area contributed by atoms with E-state index in [1.165, 1.54) is 10.4 Å². The van der Waals surface area contributed by atoms with Gasteiger partial charge in [0.25, 0.3) is 5.91 Å². The Morgan fingerprint density at radius 2 is 1.87 bits per heavy atom. The first-order valence-corrected chi connectivity index (χ1v) is 10.5. The zero-order valence-corrected chi connectivity index (χ0v) is 17.0. The normalized spacial score (nSPS) is 23.8. The van der Waals surface area contributed by atoms with Crippen molar-refractivity contribution in [3.8, 4) is 5.69 Å². The number of amides is 1. The average molecular weight is 403 g/mol. The lowest BCUT2D eigenvalue weighted by Gasteiger charge is -2.30.